The molecule has 0 aromatic carbocycles. The predicted octanol–water partition coefficient (Wildman–Crippen LogP) is 2.04. The molecule has 0 atom stereocenters. The van der Waals surface area contributed by atoms with Gasteiger partial charge in [-0.05, 0) is 0 Å². The summed E-state index contributed by atoms with van der Waals surface area (Å²) in [7, 11) is 1.12. The van der Waals surface area contributed by atoms with Crippen LogP contribution in [0, 0.1) is 0 Å². The van der Waals surface area contributed by atoms with E-state index in [1.54, 1.807) is 0 Å². The number of esters is 1. The van der Waals surface area contributed by atoms with Crippen LogP contribution in [0.15, 0.2) is 6.20 Å². The van der Waals surface area contributed by atoms with Crippen LogP contribution in [0.2, 0.25) is 5.02 Å². The molecule has 0 aliphatic carbocycles. The molecule has 0 spiro atoms. The number of ether oxygens (including phenoxy) is 1. The summed E-state index contributed by atoms with van der Waals surface area (Å²) in [6.07, 6.45) is -1.99. The second-order valence-electron chi connectivity index (χ2n) is 2.58. The van der Waals surface area contributed by atoms with Crippen molar-refractivity contribution in [2.75, 3.05) is 12.8 Å². The smallest absolute Gasteiger partial charge is 0.358 e. The second-order valence-corrected chi connectivity index (χ2v) is 2.96. The van der Waals surface area contributed by atoms with E-state index in [9.17, 15) is 13.6 Å². The van der Waals surface area contributed by atoms with E-state index in [1.165, 1.54) is 0 Å². The number of rotatable bonds is 2. The standard InChI is InChI=1S/C8H7ClF2N2O2/c1-15-8(14)6-5(12)4(9)3(2-13-6)7(10)11/h2,7H,12H2,1H3. The molecule has 0 aliphatic rings. The first-order valence-corrected chi connectivity index (χ1v) is 4.17. The molecule has 0 radical (unpaired) electrons. The van der Waals surface area contributed by atoms with Gasteiger partial charge in [0.2, 0.25) is 0 Å². The number of methoxy groups -OCH3 is 1. The fourth-order valence-corrected chi connectivity index (χ4v) is 1.15. The van der Waals surface area contributed by atoms with Gasteiger partial charge in [0.05, 0.1) is 23.4 Å². The van der Waals surface area contributed by atoms with Gasteiger partial charge in [-0.25, -0.2) is 18.6 Å². The predicted molar refractivity (Wildman–Crippen MR) is 50.0 cm³/mol. The van der Waals surface area contributed by atoms with Crippen LogP contribution in [-0.4, -0.2) is 18.1 Å². The van der Waals surface area contributed by atoms with Gasteiger partial charge < -0.3 is 10.5 Å². The lowest BCUT2D eigenvalue weighted by Crippen LogP contribution is -2.10. The molecule has 0 saturated heterocycles. The number of hydrogen-bond acceptors (Lipinski definition) is 4. The van der Waals surface area contributed by atoms with Crippen LogP contribution in [0.25, 0.3) is 0 Å². The Kier molecular flexibility index (Phi) is 3.41. The summed E-state index contributed by atoms with van der Waals surface area (Å²) in [6.45, 7) is 0. The Bertz CT molecular complexity index is 398. The normalized spacial score (nSPS) is 10.5. The van der Waals surface area contributed by atoms with Crippen LogP contribution < -0.4 is 5.73 Å². The third kappa shape index (κ3) is 2.15. The molecule has 2 N–H and O–H groups in total. The Morgan fingerprint density at radius 3 is 2.73 bits per heavy atom. The maximum atomic E-state index is 12.3. The number of hydrogen-bond donors (Lipinski definition) is 1. The second kappa shape index (κ2) is 4.39. The first kappa shape index (κ1) is 11.6. The molecule has 82 valence electrons. The van der Waals surface area contributed by atoms with Gasteiger partial charge in [-0.3, -0.25) is 0 Å². The molecule has 0 aliphatic heterocycles. The average Bonchev–Trinajstić information content (AvgIpc) is 2.20. The lowest BCUT2D eigenvalue weighted by atomic mass is 10.2. The zero-order chi connectivity index (χ0) is 11.6. The molecule has 7 heteroatoms. The Morgan fingerprint density at radius 2 is 2.27 bits per heavy atom. The SMILES string of the molecule is COC(=O)c1ncc(C(F)F)c(Cl)c1N. The molecular formula is C8H7ClF2N2O2. The maximum absolute atomic E-state index is 12.3. The van der Waals surface area contributed by atoms with Crippen molar-refractivity contribution in [1.29, 1.82) is 0 Å². The summed E-state index contributed by atoms with van der Waals surface area (Å²) >= 11 is 5.54. The molecule has 0 saturated carbocycles. The van der Waals surface area contributed by atoms with Gasteiger partial charge in [0.25, 0.3) is 6.43 Å². The number of aromatic nitrogens is 1. The fraction of sp³-hybridized carbons (Fsp3) is 0.250. The number of anilines is 1. The summed E-state index contributed by atoms with van der Waals surface area (Å²) in [5.41, 5.74) is 4.28. The summed E-state index contributed by atoms with van der Waals surface area (Å²) in [5, 5.41) is -0.375. The van der Waals surface area contributed by atoms with Crippen molar-refractivity contribution in [1.82, 2.24) is 4.98 Å². The van der Waals surface area contributed by atoms with Crippen molar-refractivity contribution in [3.05, 3.63) is 22.5 Å². The van der Waals surface area contributed by atoms with Crippen LogP contribution in [0.5, 0.6) is 0 Å². The Balaban J connectivity index is 3.27. The molecule has 0 unspecified atom stereocenters. The number of carbonyl (C=O) groups excluding carboxylic acids is 1. The van der Waals surface area contributed by atoms with Gasteiger partial charge in [-0.15, -0.1) is 0 Å². The molecular weight excluding hydrogens is 230 g/mol. The average molecular weight is 237 g/mol. The third-order valence-electron chi connectivity index (χ3n) is 1.69. The highest BCUT2D eigenvalue weighted by Crippen LogP contribution is 2.32. The summed E-state index contributed by atoms with van der Waals surface area (Å²) in [4.78, 5) is 14.5. The molecule has 1 aromatic heterocycles. The maximum Gasteiger partial charge on any atom is 0.358 e. The Morgan fingerprint density at radius 1 is 1.67 bits per heavy atom. The Hall–Kier alpha value is -1.43. The number of nitrogens with two attached hydrogens (primary N) is 1. The van der Waals surface area contributed by atoms with Gasteiger partial charge in [0, 0.05) is 6.20 Å². The van der Waals surface area contributed by atoms with Gasteiger partial charge in [-0.1, -0.05) is 11.6 Å². The number of pyridine rings is 1. The molecule has 1 heterocycles. The van der Waals surface area contributed by atoms with Gasteiger partial charge in [0.1, 0.15) is 0 Å². The quantitative estimate of drug-likeness (QED) is 0.798. The Labute approximate surface area is 89.0 Å². The summed E-state index contributed by atoms with van der Waals surface area (Å²) in [5.74, 6) is -0.824. The van der Waals surface area contributed by atoms with Crippen LogP contribution in [-0.2, 0) is 4.74 Å². The number of alkyl halides is 2. The molecule has 0 bridgehead atoms. The third-order valence-corrected chi connectivity index (χ3v) is 2.11. The van der Waals surface area contributed by atoms with Gasteiger partial charge >= 0.3 is 5.97 Å². The van der Waals surface area contributed by atoms with Crippen LogP contribution in [0.3, 0.4) is 0 Å². The molecule has 0 amide bonds. The largest absolute Gasteiger partial charge is 0.464 e. The van der Waals surface area contributed by atoms with Crippen LogP contribution in [0.1, 0.15) is 22.5 Å². The van der Waals surface area contributed by atoms with E-state index in [0.29, 0.717) is 0 Å². The number of nitrogen functional groups attached to an aromatic ring is 1. The van der Waals surface area contributed by atoms with E-state index in [4.69, 9.17) is 17.3 Å². The van der Waals surface area contributed by atoms with E-state index in [-0.39, 0.29) is 16.4 Å². The summed E-state index contributed by atoms with van der Waals surface area (Å²) in [6, 6.07) is 0. The van der Waals surface area contributed by atoms with Crippen molar-refractivity contribution < 1.29 is 18.3 Å². The lowest BCUT2D eigenvalue weighted by Gasteiger charge is -2.08. The summed E-state index contributed by atoms with van der Waals surface area (Å²) < 4.78 is 29.0. The van der Waals surface area contributed by atoms with Crippen molar-refractivity contribution >= 4 is 23.3 Å². The zero-order valence-electron chi connectivity index (χ0n) is 7.63. The van der Waals surface area contributed by atoms with E-state index in [1.807, 2.05) is 0 Å². The minimum absolute atomic E-state index is 0.271. The number of nitrogens with zero attached hydrogens (tertiary/aromatic N) is 1. The zero-order valence-corrected chi connectivity index (χ0v) is 8.39. The minimum Gasteiger partial charge on any atom is -0.464 e. The molecule has 1 aromatic rings. The van der Waals surface area contributed by atoms with Crippen molar-refractivity contribution in [2.45, 2.75) is 6.43 Å². The minimum atomic E-state index is -2.79. The molecule has 4 nitrogen and oxygen atoms in total. The topological polar surface area (TPSA) is 65.2 Å². The van der Waals surface area contributed by atoms with Gasteiger partial charge in [-0.2, -0.15) is 0 Å². The van der Waals surface area contributed by atoms with Crippen molar-refractivity contribution in [2.24, 2.45) is 0 Å². The highest BCUT2D eigenvalue weighted by molar-refractivity contribution is 6.34. The molecule has 15 heavy (non-hydrogen) atoms. The highest BCUT2D eigenvalue weighted by Gasteiger charge is 2.21. The lowest BCUT2D eigenvalue weighted by molar-refractivity contribution is 0.0595. The van der Waals surface area contributed by atoms with Crippen molar-refractivity contribution in [3.63, 3.8) is 0 Å². The fourth-order valence-electron chi connectivity index (χ4n) is 0.931. The first-order chi connectivity index (χ1) is 6.99. The van der Waals surface area contributed by atoms with Gasteiger partial charge in [0.15, 0.2) is 5.69 Å². The van der Waals surface area contributed by atoms with Crippen molar-refractivity contribution in [3.8, 4) is 0 Å². The van der Waals surface area contributed by atoms with E-state index >= 15 is 0 Å². The van der Waals surface area contributed by atoms with E-state index in [2.05, 4.69) is 9.72 Å². The first-order valence-electron chi connectivity index (χ1n) is 3.79. The van der Waals surface area contributed by atoms with Crippen LogP contribution >= 0.6 is 11.6 Å². The highest BCUT2D eigenvalue weighted by atomic mass is 35.5. The van der Waals surface area contributed by atoms with E-state index < -0.39 is 18.0 Å². The molecule has 1 rings (SSSR count). The monoisotopic (exact) mass is 236 g/mol. The van der Waals surface area contributed by atoms with Crippen LogP contribution in [0.4, 0.5) is 14.5 Å². The number of halogens is 3. The van der Waals surface area contributed by atoms with E-state index in [0.717, 1.165) is 13.3 Å². The number of carbonyl (C=O) groups is 1. The molecule has 0 fully saturated rings.